The molecule has 0 N–H and O–H groups in total. The monoisotopic (exact) mass is 1750 g/mol. The van der Waals surface area contributed by atoms with Gasteiger partial charge in [0.25, 0.3) is 0 Å². The lowest BCUT2D eigenvalue weighted by Crippen LogP contribution is -1.72. The minimum atomic E-state index is 1.32. The van der Waals surface area contributed by atoms with E-state index in [0.29, 0.717) is 0 Å². The van der Waals surface area contributed by atoms with E-state index >= 15 is 0 Å². The van der Waals surface area contributed by atoms with Crippen molar-refractivity contribution in [2.75, 3.05) is 0 Å². The van der Waals surface area contributed by atoms with Crippen LogP contribution >= 0.6 is 79.4 Å². The lowest BCUT2D eigenvalue weighted by molar-refractivity contribution is 1.48. The summed E-state index contributed by atoms with van der Waals surface area (Å²) in [4.78, 5) is 0. The average molecular weight is 1760 g/mol. The fourth-order valence-electron chi connectivity index (χ4n) is 15.3. The Hall–Kier alpha value is -12.5. The topological polar surface area (TPSA) is 0 Å². The largest absolute Gasteiger partial charge is 0.135 e. The molecule has 0 aliphatic heterocycles. The molecular weight excluding hydrogens is 1650 g/mol. The summed E-state index contributed by atoms with van der Waals surface area (Å²) in [6, 6.07) is 148. The van der Waals surface area contributed by atoms with Crippen LogP contribution in [-0.2, 0) is 0 Å². The first-order valence-corrected chi connectivity index (χ1v) is 48.4. The first-order chi connectivity index (χ1) is 61.5. The van der Waals surface area contributed by atoms with Gasteiger partial charge in [0.15, 0.2) is 0 Å². The van der Waals surface area contributed by atoms with E-state index in [1.54, 1.807) is 0 Å². The van der Waals surface area contributed by atoms with Crippen LogP contribution in [0.2, 0.25) is 0 Å². The van der Waals surface area contributed by atoms with Crippen LogP contribution in [0, 0.1) is 76.2 Å². The molecule has 126 heavy (non-hydrogen) atoms. The summed E-state index contributed by atoms with van der Waals surface area (Å²) >= 11 is 13.1. The van der Waals surface area contributed by atoms with Gasteiger partial charge in [-0.1, -0.05) is 361 Å². The number of fused-ring (bicyclic) bond motifs is 21. The highest BCUT2D eigenvalue weighted by atomic mass is 32.1. The van der Waals surface area contributed by atoms with Crippen LogP contribution in [0.1, 0.15) is 61.2 Å². The molecule has 0 bridgehead atoms. The van der Waals surface area contributed by atoms with Crippen LogP contribution in [0.4, 0.5) is 0 Å². The number of benzene rings is 18. The van der Waals surface area contributed by atoms with Gasteiger partial charge in [0.05, 0.1) is 0 Å². The van der Waals surface area contributed by atoms with E-state index in [1.807, 2.05) is 152 Å². The molecule has 7 heterocycles. The predicted octanol–water partition coefficient (Wildman–Crippen LogP) is 38.5. The summed E-state index contributed by atoms with van der Waals surface area (Å²) < 4.78 is 19.5. The molecule has 0 atom stereocenters. The Morgan fingerprint density at radius 3 is 0.667 bits per heavy atom. The fourth-order valence-corrected chi connectivity index (χ4v) is 23.4. The van der Waals surface area contributed by atoms with Gasteiger partial charge in [0.2, 0.25) is 0 Å². The normalized spacial score (nSPS) is 10.7. The highest BCUT2D eigenvalue weighted by Gasteiger charge is 2.11. The molecule has 0 aliphatic carbocycles. The van der Waals surface area contributed by atoms with Crippen LogP contribution in [0.15, 0.2) is 419 Å². The first-order valence-electron chi connectivity index (χ1n) is 42.7. The summed E-state index contributed by atoms with van der Waals surface area (Å²) in [6.45, 7) is 23.5. The van der Waals surface area contributed by atoms with E-state index in [-0.39, 0.29) is 0 Å². The van der Waals surface area contributed by atoms with Crippen LogP contribution < -0.4 is 0 Å². The molecular formula is C119H102S7. The molecule has 0 spiro atoms. The summed E-state index contributed by atoms with van der Waals surface area (Å²) in [6.07, 6.45) is 0. The molecule has 0 radical (unpaired) electrons. The quantitative estimate of drug-likeness (QED) is 0.142. The lowest BCUT2D eigenvalue weighted by Gasteiger charge is -1.95. The molecule has 0 saturated carbocycles. The lowest BCUT2D eigenvalue weighted by atomic mass is 10.1. The predicted molar refractivity (Wildman–Crippen MR) is 573 cm³/mol. The van der Waals surface area contributed by atoms with Gasteiger partial charge in [-0.3, -0.25) is 0 Å². The van der Waals surface area contributed by atoms with E-state index in [1.165, 1.54) is 202 Å². The molecule has 25 rings (SSSR count). The maximum atomic E-state index is 2.27. The zero-order chi connectivity index (χ0) is 87.3. The fraction of sp³-hybridized carbons (Fsp3) is 0.0924. The molecule has 18 aromatic carbocycles. The standard InChI is InChI=1S/7C13H10S.4C7H8/c1-9-5-4-7-11-10-6-2-3-8-12(10)14-13(9)11;2*1-9-5-4-8-12-13(9)10-6-2-3-7-11(10)14-12;2*1-9-6-7-13-11(8-9)10-4-2-3-5-12(10)14-13;2*1-9-6-7-11-10-4-2-3-5-12(10)14-13(11)8-9;4*1-7-5-3-2-4-6-7/h7*2-8H,1H3;4*2-6H,1H3. The summed E-state index contributed by atoms with van der Waals surface area (Å²) in [5.74, 6) is 0. The third-order valence-corrected chi connectivity index (χ3v) is 29.9. The van der Waals surface area contributed by atoms with Crippen molar-refractivity contribution >= 4 is 221 Å². The van der Waals surface area contributed by atoms with Crippen LogP contribution in [0.3, 0.4) is 0 Å². The number of hydrogen-bond acceptors (Lipinski definition) is 7. The Bertz CT molecular complexity index is 7320. The number of hydrogen-bond donors (Lipinski definition) is 0. The SMILES string of the molecule is Cc1ccc2c(c1)sc1ccccc12.Cc1ccc2c(c1)sc1ccccc12.Cc1ccc2sc3ccccc3c2c1.Cc1ccc2sc3ccccc3c2c1.Cc1cccc2c1sc1ccccc12.Cc1cccc2sc3ccccc3c12.Cc1cccc2sc3ccccc3c12.Cc1ccccc1.Cc1ccccc1.Cc1ccccc1.Cc1ccccc1. The second-order valence-electron chi connectivity index (χ2n) is 31.7. The molecule has 620 valence electrons. The van der Waals surface area contributed by atoms with Crippen LogP contribution in [0.25, 0.3) is 141 Å². The molecule has 0 unspecified atom stereocenters. The maximum absolute atomic E-state index is 2.27. The number of rotatable bonds is 0. The molecule has 0 nitrogen and oxygen atoms in total. The average Bonchev–Trinajstić information content (AvgIpc) is 1.66. The molecule has 7 heteroatoms. The van der Waals surface area contributed by atoms with Crippen LogP contribution in [0.5, 0.6) is 0 Å². The van der Waals surface area contributed by atoms with Gasteiger partial charge in [0, 0.05) is 141 Å². The third-order valence-electron chi connectivity index (χ3n) is 21.7. The van der Waals surface area contributed by atoms with Gasteiger partial charge < -0.3 is 0 Å². The van der Waals surface area contributed by atoms with Crippen molar-refractivity contribution in [3.63, 3.8) is 0 Å². The van der Waals surface area contributed by atoms with Crippen molar-refractivity contribution in [3.8, 4) is 0 Å². The molecule has 0 fully saturated rings. The van der Waals surface area contributed by atoms with E-state index in [4.69, 9.17) is 0 Å². The van der Waals surface area contributed by atoms with Crippen molar-refractivity contribution in [2.24, 2.45) is 0 Å². The molecule has 0 aliphatic rings. The van der Waals surface area contributed by atoms with E-state index < -0.39 is 0 Å². The molecule has 7 aromatic heterocycles. The Labute approximate surface area is 769 Å². The Kier molecular flexibility index (Phi) is 30.1. The highest BCUT2D eigenvalue weighted by molar-refractivity contribution is 7.28. The smallest absolute Gasteiger partial charge is 0.0384 e. The first kappa shape index (κ1) is 88.4. The highest BCUT2D eigenvalue weighted by Crippen LogP contribution is 2.41. The molecule has 0 saturated heterocycles. The maximum Gasteiger partial charge on any atom is 0.0384 e. The minimum Gasteiger partial charge on any atom is -0.135 e. The van der Waals surface area contributed by atoms with E-state index in [0.717, 1.165) is 0 Å². The Balaban J connectivity index is 0.000000108. The van der Waals surface area contributed by atoms with E-state index in [2.05, 4.69) is 422 Å². The second-order valence-corrected chi connectivity index (χ2v) is 39.2. The van der Waals surface area contributed by atoms with Crippen molar-refractivity contribution in [1.29, 1.82) is 0 Å². The van der Waals surface area contributed by atoms with Crippen molar-refractivity contribution in [3.05, 3.63) is 480 Å². The molecule has 0 amide bonds. The van der Waals surface area contributed by atoms with Gasteiger partial charge in [-0.05, 0) is 195 Å². The summed E-state index contributed by atoms with van der Waals surface area (Å²) in [7, 11) is 0. The van der Waals surface area contributed by atoms with Crippen molar-refractivity contribution in [1.82, 2.24) is 0 Å². The second kappa shape index (κ2) is 42.9. The Morgan fingerprint density at radius 1 is 0.119 bits per heavy atom. The summed E-state index contributed by atoms with van der Waals surface area (Å²) in [5, 5.41) is 19.5. The van der Waals surface area contributed by atoms with Gasteiger partial charge in [-0.2, -0.15) is 0 Å². The third kappa shape index (κ3) is 22.4. The Morgan fingerprint density at radius 2 is 0.333 bits per heavy atom. The van der Waals surface area contributed by atoms with Gasteiger partial charge in [0.1, 0.15) is 0 Å². The zero-order valence-corrected chi connectivity index (χ0v) is 78.9. The number of aryl methyl sites for hydroxylation is 11. The van der Waals surface area contributed by atoms with Crippen molar-refractivity contribution in [2.45, 2.75) is 76.2 Å². The van der Waals surface area contributed by atoms with Crippen LogP contribution in [-0.4, -0.2) is 0 Å². The van der Waals surface area contributed by atoms with Gasteiger partial charge in [-0.15, -0.1) is 79.4 Å². The van der Waals surface area contributed by atoms with E-state index in [9.17, 15) is 0 Å². The molecule has 25 aromatic rings. The minimum absolute atomic E-state index is 1.32. The van der Waals surface area contributed by atoms with Gasteiger partial charge in [-0.25, -0.2) is 0 Å². The van der Waals surface area contributed by atoms with Crippen molar-refractivity contribution < 1.29 is 0 Å². The van der Waals surface area contributed by atoms with Gasteiger partial charge >= 0.3 is 0 Å². The summed E-state index contributed by atoms with van der Waals surface area (Å²) in [5.41, 5.74) is 14.8. The number of thiophene rings is 7. The zero-order valence-electron chi connectivity index (χ0n) is 73.2.